The largest absolute Gasteiger partial charge is 0.383 e. The SMILES string of the molecule is COCCN(CCOC)C(=O)c1ccc(N2NC(=O)CCC2=O)cc1. The molecule has 1 heterocycles. The Hall–Kier alpha value is -2.45. The number of ether oxygens (including phenoxy) is 2. The van der Waals surface area contributed by atoms with E-state index in [1.165, 1.54) is 5.01 Å². The molecular weight excluding hydrogens is 326 g/mol. The van der Waals surface area contributed by atoms with E-state index in [9.17, 15) is 14.4 Å². The van der Waals surface area contributed by atoms with Crippen molar-refractivity contribution >= 4 is 23.4 Å². The van der Waals surface area contributed by atoms with Crippen LogP contribution in [0.25, 0.3) is 0 Å². The lowest BCUT2D eigenvalue weighted by molar-refractivity contribution is -0.130. The summed E-state index contributed by atoms with van der Waals surface area (Å²) in [6, 6.07) is 6.56. The second kappa shape index (κ2) is 9.14. The van der Waals surface area contributed by atoms with Gasteiger partial charge < -0.3 is 14.4 Å². The molecule has 3 amide bonds. The topological polar surface area (TPSA) is 88.2 Å². The van der Waals surface area contributed by atoms with Crippen LogP contribution in [0.2, 0.25) is 0 Å². The molecule has 0 bridgehead atoms. The van der Waals surface area contributed by atoms with Gasteiger partial charge in [-0.05, 0) is 24.3 Å². The molecule has 8 heteroatoms. The molecular formula is C17H23N3O5. The summed E-state index contributed by atoms with van der Waals surface area (Å²) in [5.74, 6) is -0.528. The summed E-state index contributed by atoms with van der Waals surface area (Å²) in [7, 11) is 3.16. The van der Waals surface area contributed by atoms with E-state index in [0.717, 1.165) is 0 Å². The first-order valence-electron chi connectivity index (χ1n) is 8.06. The van der Waals surface area contributed by atoms with Crippen molar-refractivity contribution in [3.8, 4) is 0 Å². The molecule has 136 valence electrons. The van der Waals surface area contributed by atoms with Crippen LogP contribution in [0.4, 0.5) is 5.69 Å². The molecule has 0 atom stereocenters. The first-order valence-corrected chi connectivity index (χ1v) is 8.06. The highest BCUT2D eigenvalue weighted by Crippen LogP contribution is 2.18. The fourth-order valence-electron chi connectivity index (χ4n) is 2.44. The maximum atomic E-state index is 12.6. The number of hydrogen-bond donors (Lipinski definition) is 1. The standard InChI is InChI=1S/C17H23N3O5/c1-24-11-9-19(10-12-25-2)17(23)13-3-5-14(6-4-13)20-16(22)8-7-15(21)18-20/h3-6H,7-12H2,1-2H3,(H,18,21). The zero-order valence-electron chi connectivity index (χ0n) is 14.5. The van der Waals surface area contributed by atoms with Gasteiger partial charge in [0.25, 0.3) is 5.91 Å². The Morgan fingerprint density at radius 2 is 1.68 bits per heavy atom. The number of carbonyl (C=O) groups is 3. The molecule has 0 radical (unpaired) electrons. The average molecular weight is 349 g/mol. The number of hydrogen-bond acceptors (Lipinski definition) is 5. The van der Waals surface area contributed by atoms with Gasteiger partial charge in [0, 0.05) is 45.7 Å². The van der Waals surface area contributed by atoms with Gasteiger partial charge in [0.1, 0.15) is 0 Å². The molecule has 1 aliphatic heterocycles. The van der Waals surface area contributed by atoms with Gasteiger partial charge in [-0.25, -0.2) is 5.01 Å². The predicted octanol–water partition coefficient (Wildman–Crippen LogP) is 0.580. The summed E-state index contributed by atoms with van der Waals surface area (Å²) in [6.45, 7) is 1.78. The highest BCUT2D eigenvalue weighted by molar-refractivity contribution is 6.01. The van der Waals surface area contributed by atoms with Gasteiger partial charge in [-0.2, -0.15) is 0 Å². The van der Waals surface area contributed by atoms with E-state index in [-0.39, 0.29) is 30.6 Å². The van der Waals surface area contributed by atoms with Gasteiger partial charge in [0.2, 0.25) is 11.8 Å². The van der Waals surface area contributed by atoms with Gasteiger partial charge in [-0.15, -0.1) is 0 Å². The van der Waals surface area contributed by atoms with Crippen LogP contribution in [-0.4, -0.2) is 63.1 Å². The molecule has 0 spiro atoms. The fraction of sp³-hybridized carbons (Fsp3) is 0.471. The summed E-state index contributed by atoms with van der Waals surface area (Å²) in [4.78, 5) is 37.7. The smallest absolute Gasteiger partial charge is 0.254 e. The van der Waals surface area contributed by atoms with Crippen LogP contribution in [0.5, 0.6) is 0 Å². The first-order chi connectivity index (χ1) is 12.1. The molecule has 2 rings (SSSR count). The Morgan fingerprint density at radius 1 is 1.08 bits per heavy atom. The van der Waals surface area contributed by atoms with Gasteiger partial charge in [0.05, 0.1) is 18.9 Å². The summed E-state index contributed by atoms with van der Waals surface area (Å²) < 4.78 is 10.1. The van der Waals surface area contributed by atoms with Crippen molar-refractivity contribution in [3.63, 3.8) is 0 Å². The van der Waals surface area contributed by atoms with Crippen LogP contribution in [0.1, 0.15) is 23.2 Å². The number of nitrogens with zero attached hydrogens (tertiary/aromatic N) is 2. The molecule has 1 N–H and O–H groups in total. The Kier molecular flexibility index (Phi) is 6.91. The Balaban J connectivity index is 2.09. The molecule has 1 fully saturated rings. The van der Waals surface area contributed by atoms with E-state index >= 15 is 0 Å². The van der Waals surface area contributed by atoms with Crippen molar-refractivity contribution in [2.24, 2.45) is 0 Å². The van der Waals surface area contributed by atoms with E-state index in [1.807, 2.05) is 0 Å². The Morgan fingerprint density at radius 3 is 2.24 bits per heavy atom. The summed E-state index contributed by atoms with van der Waals surface area (Å²) >= 11 is 0. The second-order valence-electron chi connectivity index (χ2n) is 5.59. The third-order valence-corrected chi connectivity index (χ3v) is 3.84. The number of methoxy groups -OCH3 is 2. The molecule has 25 heavy (non-hydrogen) atoms. The van der Waals surface area contributed by atoms with Gasteiger partial charge >= 0.3 is 0 Å². The molecule has 0 aromatic heterocycles. The van der Waals surface area contributed by atoms with Crippen molar-refractivity contribution in [2.45, 2.75) is 12.8 Å². The highest BCUT2D eigenvalue weighted by Gasteiger charge is 2.24. The predicted molar refractivity (Wildman–Crippen MR) is 91.0 cm³/mol. The van der Waals surface area contributed by atoms with E-state index < -0.39 is 0 Å². The molecule has 1 saturated heterocycles. The lowest BCUT2D eigenvalue weighted by Crippen LogP contribution is -2.50. The number of hydrazine groups is 1. The maximum absolute atomic E-state index is 12.6. The summed E-state index contributed by atoms with van der Waals surface area (Å²) in [6.07, 6.45) is 0.369. The third-order valence-electron chi connectivity index (χ3n) is 3.84. The lowest BCUT2D eigenvalue weighted by atomic mass is 10.1. The van der Waals surface area contributed by atoms with Crippen molar-refractivity contribution < 1.29 is 23.9 Å². The minimum atomic E-state index is -0.204. The van der Waals surface area contributed by atoms with Crippen LogP contribution in [0, 0.1) is 0 Å². The second-order valence-corrected chi connectivity index (χ2v) is 5.59. The molecule has 8 nitrogen and oxygen atoms in total. The number of amides is 3. The van der Waals surface area contributed by atoms with E-state index in [1.54, 1.807) is 43.4 Å². The fourth-order valence-corrected chi connectivity index (χ4v) is 2.44. The van der Waals surface area contributed by atoms with Gasteiger partial charge in [-0.3, -0.25) is 19.8 Å². The Bertz CT molecular complexity index is 609. The molecule has 0 aliphatic carbocycles. The molecule has 1 aliphatic rings. The maximum Gasteiger partial charge on any atom is 0.254 e. The zero-order valence-corrected chi connectivity index (χ0v) is 14.5. The quantitative estimate of drug-likeness (QED) is 0.742. The number of benzene rings is 1. The molecule has 1 aromatic rings. The van der Waals surface area contributed by atoms with E-state index in [2.05, 4.69) is 5.43 Å². The lowest BCUT2D eigenvalue weighted by Gasteiger charge is -2.27. The monoisotopic (exact) mass is 349 g/mol. The normalized spacial score (nSPS) is 14.4. The molecule has 0 unspecified atom stereocenters. The van der Waals surface area contributed by atoms with Crippen LogP contribution in [0.15, 0.2) is 24.3 Å². The minimum Gasteiger partial charge on any atom is -0.383 e. The summed E-state index contributed by atoms with van der Waals surface area (Å²) in [5, 5.41) is 1.22. The van der Waals surface area contributed by atoms with Crippen molar-refractivity contribution in [1.29, 1.82) is 0 Å². The molecule has 0 saturated carbocycles. The summed E-state index contributed by atoms with van der Waals surface area (Å²) in [5.41, 5.74) is 3.54. The minimum absolute atomic E-state index is 0.144. The van der Waals surface area contributed by atoms with Crippen LogP contribution in [-0.2, 0) is 19.1 Å². The number of nitrogens with one attached hydrogen (secondary N) is 1. The number of anilines is 1. The van der Waals surface area contributed by atoms with E-state index in [0.29, 0.717) is 37.6 Å². The van der Waals surface area contributed by atoms with Crippen molar-refractivity contribution in [3.05, 3.63) is 29.8 Å². The van der Waals surface area contributed by atoms with Crippen LogP contribution >= 0.6 is 0 Å². The van der Waals surface area contributed by atoms with Crippen molar-refractivity contribution in [2.75, 3.05) is 45.5 Å². The molecule has 1 aromatic carbocycles. The van der Waals surface area contributed by atoms with Crippen molar-refractivity contribution in [1.82, 2.24) is 10.3 Å². The van der Waals surface area contributed by atoms with Gasteiger partial charge in [-0.1, -0.05) is 0 Å². The van der Waals surface area contributed by atoms with Gasteiger partial charge in [0.15, 0.2) is 0 Å². The first kappa shape index (κ1) is 18.9. The third kappa shape index (κ3) is 5.01. The number of rotatable bonds is 8. The van der Waals surface area contributed by atoms with E-state index in [4.69, 9.17) is 9.47 Å². The average Bonchev–Trinajstić information content (AvgIpc) is 2.63. The number of carbonyl (C=O) groups excluding carboxylic acids is 3. The zero-order chi connectivity index (χ0) is 18.2. The van der Waals surface area contributed by atoms with Crippen LogP contribution < -0.4 is 10.4 Å². The van der Waals surface area contributed by atoms with Crippen LogP contribution in [0.3, 0.4) is 0 Å². The highest BCUT2D eigenvalue weighted by atomic mass is 16.5. The Labute approximate surface area is 146 Å².